The van der Waals surface area contributed by atoms with Gasteiger partial charge in [0.25, 0.3) is 0 Å². The Morgan fingerprint density at radius 3 is 2.62 bits per heavy atom. The lowest BCUT2D eigenvalue weighted by molar-refractivity contribution is -0.143. The summed E-state index contributed by atoms with van der Waals surface area (Å²) in [5, 5.41) is 8.53. The Kier molecular flexibility index (Phi) is 6.32. The molecule has 0 saturated carbocycles. The predicted molar refractivity (Wildman–Crippen MR) is 92.9 cm³/mol. The summed E-state index contributed by atoms with van der Waals surface area (Å²) in [7, 11) is 0. The van der Waals surface area contributed by atoms with E-state index in [1.807, 2.05) is 12.2 Å². The highest BCUT2D eigenvalue weighted by atomic mass is 35.5. The minimum absolute atomic E-state index is 0.123. The lowest BCUT2D eigenvalue weighted by Crippen LogP contribution is -2.40. The van der Waals surface area contributed by atoms with Crippen molar-refractivity contribution in [2.45, 2.75) is 25.0 Å². The van der Waals surface area contributed by atoms with Crippen molar-refractivity contribution in [2.75, 3.05) is 0 Å². The molecule has 0 aromatic carbocycles. The largest absolute Gasteiger partial charge is 0.481 e. The van der Waals surface area contributed by atoms with Crippen molar-refractivity contribution in [2.24, 2.45) is 17.8 Å². The van der Waals surface area contributed by atoms with Gasteiger partial charge in [0.05, 0.1) is 11.2 Å². The molecule has 0 saturated heterocycles. The second kappa shape index (κ2) is 8.05. The highest BCUT2D eigenvalue weighted by Gasteiger charge is 2.42. The van der Waals surface area contributed by atoms with Crippen LogP contribution >= 0.6 is 11.6 Å². The van der Waals surface area contributed by atoms with Crippen molar-refractivity contribution in [1.82, 2.24) is 0 Å². The van der Waals surface area contributed by atoms with Crippen molar-refractivity contribution < 1.29 is 23.5 Å². The molecule has 24 heavy (non-hydrogen) atoms. The van der Waals surface area contributed by atoms with Crippen molar-refractivity contribution in [3.63, 3.8) is 0 Å². The number of hydrogen-bond acceptors (Lipinski definition) is 3. The molecule has 0 aromatic rings. The number of carboxylic acids is 1. The maximum absolute atomic E-state index is 12.8. The average molecular weight is 371 g/mol. The Balaban J connectivity index is 2.42. The first-order chi connectivity index (χ1) is 11.4. The van der Waals surface area contributed by atoms with Gasteiger partial charge < -0.3 is 9.66 Å². The molecule has 2 rings (SSSR count). The molecular weight excluding hydrogens is 352 g/mol. The first-order valence-corrected chi connectivity index (χ1v) is 9.20. The van der Waals surface area contributed by atoms with E-state index in [2.05, 4.69) is 0 Å². The van der Waals surface area contributed by atoms with Gasteiger partial charge in [-0.25, -0.2) is 4.21 Å². The van der Waals surface area contributed by atoms with E-state index < -0.39 is 40.1 Å². The van der Waals surface area contributed by atoms with Gasteiger partial charge in [0.2, 0.25) is 0 Å². The van der Waals surface area contributed by atoms with Gasteiger partial charge in [-0.1, -0.05) is 48.9 Å². The fraction of sp³-hybridized carbons (Fsp3) is 0.412. The standard InChI is InChI=1S/C17H19ClO5S/c1-2-12(17(20)21)13-8-11(18)9-14(16(13)24(22)23)15(19)10-6-4-3-5-7-10/h3-6,8-10,12-13,16H,2,7H2,1H3,(H,20,21)(H,22,23). The second-order valence-electron chi connectivity index (χ2n) is 5.80. The van der Waals surface area contributed by atoms with Crippen LogP contribution in [0.3, 0.4) is 0 Å². The van der Waals surface area contributed by atoms with Crippen molar-refractivity contribution in [1.29, 1.82) is 0 Å². The van der Waals surface area contributed by atoms with E-state index in [-0.39, 0.29) is 22.8 Å². The second-order valence-corrected chi connectivity index (χ2v) is 7.29. The molecular formula is C17H19ClO5S. The van der Waals surface area contributed by atoms with Crippen LogP contribution in [0.5, 0.6) is 0 Å². The van der Waals surface area contributed by atoms with E-state index in [1.54, 1.807) is 19.1 Å². The van der Waals surface area contributed by atoms with Crippen LogP contribution in [0, 0.1) is 17.8 Å². The van der Waals surface area contributed by atoms with E-state index >= 15 is 0 Å². The summed E-state index contributed by atoms with van der Waals surface area (Å²) in [5.41, 5.74) is 0.123. The molecule has 0 bridgehead atoms. The fourth-order valence-electron chi connectivity index (χ4n) is 3.14. The number of halogens is 1. The van der Waals surface area contributed by atoms with Gasteiger partial charge in [0.1, 0.15) is 0 Å². The minimum atomic E-state index is -2.39. The summed E-state index contributed by atoms with van der Waals surface area (Å²) in [4.78, 5) is 24.3. The molecule has 0 fully saturated rings. The Labute approximate surface area is 148 Å². The monoisotopic (exact) mass is 370 g/mol. The Morgan fingerprint density at radius 1 is 1.42 bits per heavy atom. The molecule has 0 radical (unpaired) electrons. The summed E-state index contributed by atoms with van der Waals surface area (Å²) in [6.45, 7) is 1.69. The average Bonchev–Trinajstić information content (AvgIpc) is 2.54. The molecule has 5 atom stereocenters. The van der Waals surface area contributed by atoms with Gasteiger partial charge in [0, 0.05) is 22.4 Å². The van der Waals surface area contributed by atoms with E-state index in [0.29, 0.717) is 6.42 Å². The lowest BCUT2D eigenvalue weighted by Gasteiger charge is -2.31. The zero-order valence-corrected chi connectivity index (χ0v) is 14.7. The summed E-state index contributed by atoms with van der Waals surface area (Å²) >= 11 is 3.70. The number of Topliss-reactive ketones (excluding diaryl/α,β-unsaturated/α-hetero) is 1. The smallest absolute Gasteiger partial charge is 0.307 e. The number of carbonyl (C=O) groups excluding carboxylic acids is 1. The first-order valence-electron chi connectivity index (χ1n) is 7.65. The lowest BCUT2D eigenvalue weighted by atomic mass is 9.78. The zero-order valence-electron chi connectivity index (χ0n) is 13.1. The number of aliphatic carboxylic acids is 1. The number of rotatable bonds is 6. The maximum atomic E-state index is 12.8. The van der Waals surface area contributed by atoms with Gasteiger partial charge in [-0.2, -0.15) is 0 Å². The molecule has 0 spiro atoms. The number of allylic oxidation sites excluding steroid dienone is 7. The van der Waals surface area contributed by atoms with E-state index in [9.17, 15) is 23.5 Å². The van der Waals surface area contributed by atoms with Crippen LogP contribution in [0.2, 0.25) is 0 Å². The molecule has 0 aliphatic heterocycles. The number of ketones is 1. The Hall–Kier alpha value is -1.50. The van der Waals surface area contributed by atoms with Crippen molar-refractivity contribution in [3.8, 4) is 0 Å². The quantitative estimate of drug-likeness (QED) is 0.701. The Bertz CT molecular complexity index is 676. The van der Waals surface area contributed by atoms with Gasteiger partial charge >= 0.3 is 5.97 Å². The summed E-state index contributed by atoms with van der Waals surface area (Å²) < 4.78 is 21.7. The third-order valence-corrected chi connectivity index (χ3v) is 5.58. The van der Waals surface area contributed by atoms with Crippen LogP contribution in [-0.4, -0.2) is 30.9 Å². The molecule has 5 nitrogen and oxygen atoms in total. The highest BCUT2D eigenvalue weighted by Crippen LogP contribution is 2.37. The minimum Gasteiger partial charge on any atom is -0.481 e. The fourth-order valence-corrected chi connectivity index (χ4v) is 4.34. The van der Waals surface area contributed by atoms with Gasteiger partial charge in [0.15, 0.2) is 16.9 Å². The molecule has 5 unspecified atom stereocenters. The molecule has 0 heterocycles. The molecule has 2 aliphatic rings. The zero-order chi connectivity index (χ0) is 17.9. The SMILES string of the molecule is CCC(C(=O)O)C1C=C(Cl)C=C(C(=O)C2C=CC=CC2)C1S(=O)O. The van der Waals surface area contributed by atoms with Crippen LogP contribution in [0.1, 0.15) is 19.8 Å². The normalized spacial score (nSPS) is 28.7. The van der Waals surface area contributed by atoms with Gasteiger partial charge in [-0.3, -0.25) is 9.59 Å². The van der Waals surface area contributed by atoms with Crippen LogP contribution in [-0.2, 0) is 20.7 Å². The maximum Gasteiger partial charge on any atom is 0.307 e. The Morgan fingerprint density at radius 2 is 2.12 bits per heavy atom. The van der Waals surface area contributed by atoms with E-state index in [4.69, 9.17) is 11.6 Å². The summed E-state index contributed by atoms with van der Waals surface area (Å²) in [5.74, 6) is -3.50. The first kappa shape index (κ1) is 18.8. The van der Waals surface area contributed by atoms with E-state index in [0.717, 1.165) is 0 Å². The van der Waals surface area contributed by atoms with Crippen LogP contribution in [0.4, 0.5) is 0 Å². The van der Waals surface area contributed by atoms with Crippen molar-refractivity contribution >= 4 is 34.4 Å². The molecule has 130 valence electrons. The van der Waals surface area contributed by atoms with Crippen LogP contribution < -0.4 is 0 Å². The topological polar surface area (TPSA) is 91.7 Å². The summed E-state index contributed by atoms with van der Waals surface area (Å²) in [6.07, 6.45) is 10.8. The molecule has 2 aliphatic carbocycles. The predicted octanol–water partition coefficient (Wildman–Crippen LogP) is 3.07. The number of carboxylic acid groups (broad SMARTS) is 1. The number of carbonyl (C=O) groups is 2. The molecule has 2 N–H and O–H groups in total. The van der Waals surface area contributed by atoms with E-state index in [1.165, 1.54) is 12.2 Å². The third-order valence-electron chi connectivity index (χ3n) is 4.34. The van der Waals surface area contributed by atoms with Crippen molar-refractivity contribution in [3.05, 3.63) is 47.1 Å². The van der Waals surface area contributed by atoms with Gasteiger partial charge in [-0.15, -0.1) is 0 Å². The van der Waals surface area contributed by atoms with Crippen LogP contribution in [0.25, 0.3) is 0 Å². The summed E-state index contributed by atoms with van der Waals surface area (Å²) in [6, 6.07) is 0. The molecule has 0 amide bonds. The third kappa shape index (κ3) is 3.94. The van der Waals surface area contributed by atoms with Crippen LogP contribution in [0.15, 0.2) is 47.1 Å². The molecule has 0 aromatic heterocycles. The highest BCUT2D eigenvalue weighted by molar-refractivity contribution is 7.80. The van der Waals surface area contributed by atoms with Gasteiger partial charge in [-0.05, 0) is 18.9 Å². The molecule has 7 heteroatoms. The number of hydrogen-bond donors (Lipinski definition) is 2.